The van der Waals surface area contributed by atoms with E-state index >= 15 is 0 Å². The van der Waals surface area contributed by atoms with E-state index in [-0.39, 0.29) is 6.04 Å². The maximum atomic E-state index is 5.67. The third-order valence-corrected chi connectivity index (χ3v) is 2.46. The van der Waals surface area contributed by atoms with Crippen LogP contribution in [-0.2, 0) is 0 Å². The second-order valence-corrected chi connectivity index (χ2v) is 4.01. The number of benzene rings is 1. The summed E-state index contributed by atoms with van der Waals surface area (Å²) in [5.41, 5.74) is 10.9. The van der Waals surface area contributed by atoms with E-state index < -0.39 is 0 Å². The van der Waals surface area contributed by atoms with Gasteiger partial charge in [0.25, 0.3) is 0 Å². The van der Waals surface area contributed by atoms with Crippen LogP contribution in [0.5, 0.6) is 0 Å². The molecule has 0 saturated heterocycles. The Morgan fingerprint density at radius 1 is 1.07 bits per heavy atom. The van der Waals surface area contributed by atoms with E-state index in [1.54, 1.807) is 0 Å². The summed E-state index contributed by atoms with van der Waals surface area (Å²) >= 11 is 0. The average Bonchev–Trinajstić information content (AvgIpc) is 2.09. The normalized spacial score (nSPS) is 13.5. The van der Waals surface area contributed by atoms with Crippen molar-refractivity contribution in [3.05, 3.63) is 40.5 Å². The molecule has 0 aliphatic carbocycles. The summed E-state index contributed by atoms with van der Waals surface area (Å²) in [4.78, 5) is 0. The van der Waals surface area contributed by atoms with E-state index in [9.17, 15) is 0 Å². The van der Waals surface area contributed by atoms with E-state index in [4.69, 9.17) is 5.73 Å². The fourth-order valence-electron chi connectivity index (χ4n) is 1.42. The molecule has 1 rings (SSSR count). The number of rotatable bonds is 2. The van der Waals surface area contributed by atoms with Gasteiger partial charge in [-0.3, -0.25) is 0 Å². The highest BCUT2D eigenvalue weighted by molar-refractivity contribution is 5.56. The zero-order valence-corrected chi connectivity index (χ0v) is 9.46. The second kappa shape index (κ2) is 4.43. The summed E-state index contributed by atoms with van der Waals surface area (Å²) in [5, 5.41) is 0. The van der Waals surface area contributed by atoms with E-state index in [1.807, 2.05) is 13.0 Å². The molecule has 0 bridgehead atoms. The molecule has 0 aliphatic rings. The first-order valence-corrected chi connectivity index (χ1v) is 5.02. The predicted molar refractivity (Wildman–Crippen MR) is 63.3 cm³/mol. The lowest BCUT2D eigenvalue weighted by Gasteiger charge is -2.06. The molecular formula is C13H19N. The van der Waals surface area contributed by atoms with Crippen LogP contribution in [0.4, 0.5) is 0 Å². The Morgan fingerprint density at radius 2 is 1.64 bits per heavy atom. The van der Waals surface area contributed by atoms with Gasteiger partial charge in [0.05, 0.1) is 0 Å². The van der Waals surface area contributed by atoms with Crippen molar-refractivity contribution in [3.8, 4) is 0 Å². The van der Waals surface area contributed by atoms with Crippen molar-refractivity contribution >= 4 is 6.08 Å². The Kier molecular flexibility index (Phi) is 3.48. The van der Waals surface area contributed by atoms with E-state index in [2.05, 4.69) is 39.0 Å². The van der Waals surface area contributed by atoms with Crippen molar-refractivity contribution in [1.82, 2.24) is 0 Å². The van der Waals surface area contributed by atoms with Crippen LogP contribution in [0.25, 0.3) is 6.08 Å². The fraction of sp³-hybridized carbons (Fsp3) is 0.385. The van der Waals surface area contributed by atoms with Gasteiger partial charge in [0, 0.05) is 6.04 Å². The third kappa shape index (κ3) is 2.71. The number of aryl methyl sites for hydroxylation is 3. The van der Waals surface area contributed by atoms with Gasteiger partial charge in [-0.05, 0) is 49.9 Å². The van der Waals surface area contributed by atoms with Gasteiger partial charge < -0.3 is 5.73 Å². The van der Waals surface area contributed by atoms with Gasteiger partial charge in [-0.2, -0.15) is 0 Å². The minimum absolute atomic E-state index is 0.121. The van der Waals surface area contributed by atoms with Crippen LogP contribution < -0.4 is 5.73 Å². The van der Waals surface area contributed by atoms with Crippen molar-refractivity contribution in [1.29, 1.82) is 0 Å². The Balaban J connectivity index is 3.04. The molecule has 1 unspecified atom stereocenters. The van der Waals surface area contributed by atoms with Gasteiger partial charge >= 0.3 is 0 Å². The lowest BCUT2D eigenvalue weighted by atomic mass is 10.0. The lowest BCUT2D eigenvalue weighted by Crippen LogP contribution is -2.09. The Labute approximate surface area is 86.6 Å². The summed E-state index contributed by atoms with van der Waals surface area (Å²) in [5.74, 6) is 0. The highest BCUT2D eigenvalue weighted by atomic mass is 14.6. The molecule has 1 atom stereocenters. The summed E-state index contributed by atoms with van der Waals surface area (Å²) in [6.45, 7) is 8.39. The summed E-state index contributed by atoms with van der Waals surface area (Å²) in [6, 6.07) is 4.55. The van der Waals surface area contributed by atoms with E-state index in [1.165, 1.54) is 22.3 Å². The molecule has 0 saturated carbocycles. The largest absolute Gasteiger partial charge is 0.325 e. The molecule has 0 heterocycles. The highest BCUT2D eigenvalue weighted by Crippen LogP contribution is 2.16. The zero-order chi connectivity index (χ0) is 10.7. The van der Waals surface area contributed by atoms with E-state index in [0.717, 1.165) is 0 Å². The molecule has 0 fully saturated rings. The van der Waals surface area contributed by atoms with Crippen LogP contribution in [0.2, 0.25) is 0 Å². The van der Waals surface area contributed by atoms with Crippen molar-refractivity contribution < 1.29 is 0 Å². The predicted octanol–water partition coefficient (Wildman–Crippen LogP) is 2.97. The SMILES string of the molecule is Cc1cc(C)c(/C=C/C(C)N)cc1C. The molecule has 1 aromatic carbocycles. The second-order valence-electron chi connectivity index (χ2n) is 4.01. The monoisotopic (exact) mass is 189 g/mol. The van der Waals surface area contributed by atoms with Gasteiger partial charge in [0.1, 0.15) is 0 Å². The molecule has 14 heavy (non-hydrogen) atoms. The molecule has 1 aromatic rings. The van der Waals surface area contributed by atoms with Crippen LogP contribution in [0.3, 0.4) is 0 Å². The van der Waals surface area contributed by atoms with Gasteiger partial charge in [-0.25, -0.2) is 0 Å². The Morgan fingerprint density at radius 3 is 2.21 bits per heavy atom. The minimum atomic E-state index is 0.121. The van der Waals surface area contributed by atoms with Gasteiger partial charge in [0.15, 0.2) is 0 Å². The summed E-state index contributed by atoms with van der Waals surface area (Å²) < 4.78 is 0. The Bertz CT molecular complexity index is 348. The van der Waals surface area contributed by atoms with Crippen molar-refractivity contribution in [2.45, 2.75) is 33.7 Å². The maximum Gasteiger partial charge on any atom is 0.0198 e. The third-order valence-electron chi connectivity index (χ3n) is 2.46. The number of nitrogens with two attached hydrogens (primary N) is 1. The lowest BCUT2D eigenvalue weighted by molar-refractivity contribution is 0.930. The topological polar surface area (TPSA) is 26.0 Å². The smallest absolute Gasteiger partial charge is 0.0198 e. The van der Waals surface area contributed by atoms with E-state index in [0.29, 0.717) is 0 Å². The summed E-state index contributed by atoms with van der Waals surface area (Å²) in [7, 11) is 0. The molecule has 1 heteroatoms. The molecule has 0 aromatic heterocycles. The molecule has 0 radical (unpaired) electrons. The van der Waals surface area contributed by atoms with Gasteiger partial charge in [-0.1, -0.05) is 24.3 Å². The first kappa shape index (κ1) is 11.0. The van der Waals surface area contributed by atoms with Crippen LogP contribution in [0, 0.1) is 20.8 Å². The zero-order valence-electron chi connectivity index (χ0n) is 9.46. The minimum Gasteiger partial charge on any atom is -0.325 e. The molecule has 1 nitrogen and oxygen atoms in total. The molecule has 0 spiro atoms. The van der Waals surface area contributed by atoms with Gasteiger partial charge in [0.2, 0.25) is 0 Å². The molecule has 2 N–H and O–H groups in total. The standard InChI is InChI=1S/C13H19N/c1-9-7-11(3)13(8-10(9)2)6-5-12(4)14/h5-8,12H,14H2,1-4H3/b6-5+. The van der Waals surface area contributed by atoms with Crippen LogP contribution >= 0.6 is 0 Å². The average molecular weight is 189 g/mol. The molecular weight excluding hydrogens is 170 g/mol. The van der Waals surface area contributed by atoms with Gasteiger partial charge in [-0.15, -0.1) is 0 Å². The van der Waals surface area contributed by atoms with Crippen LogP contribution in [0.1, 0.15) is 29.2 Å². The van der Waals surface area contributed by atoms with Crippen LogP contribution in [-0.4, -0.2) is 6.04 Å². The fourth-order valence-corrected chi connectivity index (χ4v) is 1.42. The molecule has 0 aliphatic heterocycles. The maximum absolute atomic E-state index is 5.67. The van der Waals surface area contributed by atoms with Crippen molar-refractivity contribution in [2.24, 2.45) is 5.73 Å². The number of hydrogen-bond acceptors (Lipinski definition) is 1. The highest BCUT2D eigenvalue weighted by Gasteiger charge is 1.98. The Hall–Kier alpha value is -1.08. The first-order chi connectivity index (χ1) is 6.50. The quantitative estimate of drug-likeness (QED) is 0.760. The van der Waals surface area contributed by atoms with Crippen molar-refractivity contribution in [3.63, 3.8) is 0 Å². The van der Waals surface area contributed by atoms with Crippen LogP contribution in [0.15, 0.2) is 18.2 Å². The summed E-state index contributed by atoms with van der Waals surface area (Å²) in [6.07, 6.45) is 4.13. The van der Waals surface area contributed by atoms with Crippen molar-refractivity contribution in [2.75, 3.05) is 0 Å². The number of hydrogen-bond donors (Lipinski definition) is 1. The molecule has 76 valence electrons. The first-order valence-electron chi connectivity index (χ1n) is 5.02. The molecule has 0 amide bonds.